The molecule has 1 heteroatoms. The summed E-state index contributed by atoms with van der Waals surface area (Å²) in [4.78, 5) is 12.2. The Morgan fingerprint density at radius 1 is 0.762 bits per heavy atom. The summed E-state index contributed by atoms with van der Waals surface area (Å²) in [5, 5.41) is 2.38. The summed E-state index contributed by atoms with van der Waals surface area (Å²) in [6.07, 6.45) is 2.28. The van der Waals surface area contributed by atoms with Crippen molar-refractivity contribution >= 4 is 22.1 Å². The van der Waals surface area contributed by atoms with E-state index in [1.54, 1.807) is 6.08 Å². The molecule has 1 nitrogen and oxygen atoms in total. The molecular formula is C20H14O. The van der Waals surface area contributed by atoms with E-state index < -0.39 is 0 Å². The van der Waals surface area contributed by atoms with Crippen LogP contribution in [-0.2, 0) is 11.2 Å². The second kappa shape index (κ2) is 4.71. The lowest BCUT2D eigenvalue weighted by Gasteiger charge is -2.19. The average molecular weight is 270 g/mol. The summed E-state index contributed by atoms with van der Waals surface area (Å²) in [5.74, 6) is 0.178. The standard InChI is InChI=1S/C20H14O/c21-16-12-19(14-6-2-1-3-7-14)18-11-10-15-8-4-5-9-17(15)20(18)13-16/h1-12H,13H2. The van der Waals surface area contributed by atoms with E-state index in [1.807, 2.05) is 30.3 Å². The van der Waals surface area contributed by atoms with Crippen molar-refractivity contribution in [2.75, 3.05) is 0 Å². The Kier molecular flexibility index (Phi) is 2.71. The van der Waals surface area contributed by atoms with Gasteiger partial charge in [0.15, 0.2) is 5.78 Å². The van der Waals surface area contributed by atoms with Gasteiger partial charge in [-0.15, -0.1) is 0 Å². The molecule has 0 atom stereocenters. The molecule has 3 aromatic carbocycles. The molecule has 0 radical (unpaired) electrons. The monoisotopic (exact) mass is 270 g/mol. The number of carbonyl (C=O) groups excluding carboxylic acids is 1. The van der Waals surface area contributed by atoms with Crippen LogP contribution < -0.4 is 0 Å². The maximum Gasteiger partial charge on any atom is 0.160 e. The SMILES string of the molecule is O=C1C=C(c2ccccc2)c2ccc3ccccc3c2C1. The summed E-state index contributed by atoms with van der Waals surface area (Å²) in [6, 6.07) is 22.7. The van der Waals surface area contributed by atoms with Crippen LogP contribution in [0.15, 0.2) is 72.8 Å². The third-order valence-corrected chi connectivity index (χ3v) is 4.07. The van der Waals surface area contributed by atoms with Gasteiger partial charge in [-0.1, -0.05) is 66.7 Å². The highest BCUT2D eigenvalue weighted by atomic mass is 16.1. The molecule has 21 heavy (non-hydrogen) atoms. The van der Waals surface area contributed by atoms with E-state index >= 15 is 0 Å². The Morgan fingerprint density at radius 3 is 2.38 bits per heavy atom. The number of rotatable bonds is 1. The minimum Gasteiger partial charge on any atom is -0.294 e. The molecule has 3 aromatic rings. The predicted octanol–water partition coefficient (Wildman–Crippen LogP) is 4.40. The van der Waals surface area contributed by atoms with Gasteiger partial charge in [-0.3, -0.25) is 4.79 Å². The van der Waals surface area contributed by atoms with E-state index in [9.17, 15) is 4.79 Å². The fraction of sp³-hybridized carbons (Fsp3) is 0.0500. The Hall–Kier alpha value is -2.67. The van der Waals surface area contributed by atoms with Gasteiger partial charge in [0, 0.05) is 6.42 Å². The smallest absolute Gasteiger partial charge is 0.160 e. The summed E-state index contributed by atoms with van der Waals surface area (Å²) in [5.41, 5.74) is 4.47. The highest BCUT2D eigenvalue weighted by Crippen LogP contribution is 2.34. The zero-order chi connectivity index (χ0) is 14.2. The molecule has 1 aliphatic rings. The van der Waals surface area contributed by atoms with Crippen molar-refractivity contribution in [3.05, 3.63) is 89.5 Å². The number of benzene rings is 3. The second-order valence-corrected chi connectivity index (χ2v) is 5.38. The van der Waals surface area contributed by atoms with Gasteiger partial charge in [0.05, 0.1) is 0 Å². The lowest BCUT2D eigenvalue weighted by Crippen LogP contribution is -2.10. The van der Waals surface area contributed by atoms with Crippen LogP contribution >= 0.6 is 0 Å². The first-order valence-corrected chi connectivity index (χ1v) is 7.14. The summed E-state index contributed by atoms with van der Waals surface area (Å²) >= 11 is 0. The maximum absolute atomic E-state index is 12.2. The van der Waals surface area contributed by atoms with Crippen LogP contribution in [0.2, 0.25) is 0 Å². The van der Waals surface area contributed by atoms with Crippen molar-refractivity contribution in [3.63, 3.8) is 0 Å². The normalized spacial score (nSPS) is 13.9. The fourth-order valence-corrected chi connectivity index (χ4v) is 3.10. The molecule has 0 N–H and O–H groups in total. The summed E-state index contributed by atoms with van der Waals surface area (Å²) in [6.45, 7) is 0. The zero-order valence-corrected chi connectivity index (χ0v) is 11.5. The van der Waals surface area contributed by atoms with Crippen LogP contribution in [0.25, 0.3) is 16.3 Å². The number of hydrogen-bond donors (Lipinski definition) is 0. The Labute approximate surface area is 123 Å². The van der Waals surface area contributed by atoms with E-state index in [0.717, 1.165) is 16.7 Å². The van der Waals surface area contributed by atoms with E-state index in [1.165, 1.54) is 16.3 Å². The van der Waals surface area contributed by atoms with Crippen molar-refractivity contribution in [1.82, 2.24) is 0 Å². The summed E-state index contributed by atoms with van der Waals surface area (Å²) < 4.78 is 0. The van der Waals surface area contributed by atoms with Crippen molar-refractivity contribution in [2.24, 2.45) is 0 Å². The van der Waals surface area contributed by atoms with Crippen LogP contribution in [-0.4, -0.2) is 5.78 Å². The minimum atomic E-state index is 0.178. The van der Waals surface area contributed by atoms with Crippen LogP contribution in [0.3, 0.4) is 0 Å². The van der Waals surface area contributed by atoms with Gasteiger partial charge < -0.3 is 0 Å². The fourth-order valence-electron chi connectivity index (χ4n) is 3.10. The highest BCUT2D eigenvalue weighted by Gasteiger charge is 2.20. The van der Waals surface area contributed by atoms with Crippen LogP contribution in [0.5, 0.6) is 0 Å². The van der Waals surface area contributed by atoms with Gasteiger partial charge in [-0.2, -0.15) is 0 Å². The third-order valence-electron chi connectivity index (χ3n) is 4.07. The average Bonchev–Trinajstić information content (AvgIpc) is 2.55. The van der Waals surface area contributed by atoms with Gasteiger partial charge in [0.2, 0.25) is 0 Å². The molecular weight excluding hydrogens is 256 g/mol. The van der Waals surface area contributed by atoms with Crippen molar-refractivity contribution in [1.29, 1.82) is 0 Å². The van der Waals surface area contributed by atoms with E-state index in [2.05, 4.69) is 36.4 Å². The van der Waals surface area contributed by atoms with Crippen molar-refractivity contribution in [2.45, 2.75) is 6.42 Å². The van der Waals surface area contributed by atoms with Gasteiger partial charge in [0.1, 0.15) is 0 Å². The number of carbonyl (C=O) groups is 1. The molecule has 0 heterocycles. The lowest BCUT2D eigenvalue weighted by atomic mass is 9.84. The highest BCUT2D eigenvalue weighted by molar-refractivity contribution is 6.08. The number of fused-ring (bicyclic) bond motifs is 3. The number of hydrogen-bond acceptors (Lipinski definition) is 1. The molecule has 0 bridgehead atoms. The van der Waals surface area contributed by atoms with Crippen molar-refractivity contribution in [3.8, 4) is 0 Å². The third kappa shape index (κ3) is 1.98. The molecule has 1 aliphatic carbocycles. The molecule has 0 fully saturated rings. The molecule has 0 aliphatic heterocycles. The first kappa shape index (κ1) is 12.1. The van der Waals surface area contributed by atoms with E-state index in [4.69, 9.17) is 0 Å². The lowest BCUT2D eigenvalue weighted by molar-refractivity contribution is -0.114. The van der Waals surface area contributed by atoms with Gasteiger partial charge in [-0.25, -0.2) is 0 Å². The first-order chi connectivity index (χ1) is 10.3. The number of ketones is 1. The van der Waals surface area contributed by atoms with Gasteiger partial charge >= 0.3 is 0 Å². The maximum atomic E-state index is 12.2. The van der Waals surface area contributed by atoms with Crippen LogP contribution in [0, 0.1) is 0 Å². The summed E-state index contributed by atoms with van der Waals surface area (Å²) in [7, 11) is 0. The largest absolute Gasteiger partial charge is 0.294 e. The van der Waals surface area contributed by atoms with Crippen LogP contribution in [0.1, 0.15) is 16.7 Å². The van der Waals surface area contributed by atoms with Crippen molar-refractivity contribution < 1.29 is 4.79 Å². The zero-order valence-electron chi connectivity index (χ0n) is 11.5. The van der Waals surface area contributed by atoms with Gasteiger partial charge in [0.25, 0.3) is 0 Å². The molecule has 0 aromatic heterocycles. The molecule has 0 spiro atoms. The minimum absolute atomic E-state index is 0.178. The topological polar surface area (TPSA) is 17.1 Å². The predicted molar refractivity (Wildman–Crippen MR) is 86.2 cm³/mol. The van der Waals surface area contributed by atoms with Gasteiger partial charge in [-0.05, 0) is 39.1 Å². The Balaban J connectivity index is 2.01. The Bertz CT molecular complexity index is 873. The van der Waals surface area contributed by atoms with Crippen LogP contribution in [0.4, 0.5) is 0 Å². The second-order valence-electron chi connectivity index (χ2n) is 5.38. The Morgan fingerprint density at radius 2 is 1.52 bits per heavy atom. The first-order valence-electron chi connectivity index (χ1n) is 7.14. The quantitative estimate of drug-likeness (QED) is 0.640. The molecule has 0 amide bonds. The molecule has 0 saturated carbocycles. The van der Waals surface area contributed by atoms with E-state index in [0.29, 0.717) is 6.42 Å². The molecule has 4 rings (SSSR count). The molecule has 0 saturated heterocycles. The molecule has 0 unspecified atom stereocenters. The van der Waals surface area contributed by atoms with E-state index in [-0.39, 0.29) is 5.78 Å². The number of allylic oxidation sites excluding steroid dienone is 1. The molecule has 100 valence electrons.